The first-order valence-electron chi connectivity index (χ1n) is 7.93. The molecule has 0 aliphatic rings. The maximum Gasteiger partial charge on any atom is 0.133 e. The Morgan fingerprint density at radius 3 is 2.43 bits per heavy atom. The van der Waals surface area contributed by atoms with Gasteiger partial charge in [-0.25, -0.2) is 0 Å². The molecule has 1 N–H and O–H groups in total. The van der Waals surface area contributed by atoms with E-state index in [2.05, 4.69) is 54.7 Å². The summed E-state index contributed by atoms with van der Waals surface area (Å²) in [5, 5.41) is 3.22. The van der Waals surface area contributed by atoms with Gasteiger partial charge in [-0.15, -0.1) is 24.2 Å². The summed E-state index contributed by atoms with van der Waals surface area (Å²) in [5.41, 5.74) is 1.23. The molecular formula is C19H26ClNOS. The van der Waals surface area contributed by atoms with Crippen LogP contribution in [0.2, 0.25) is 0 Å². The summed E-state index contributed by atoms with van der Waals surface area (Å²) < 4.78 is 6.37. The van der Waals surface area contributed by atoms with Crippen molar-refractivity contribution >= 4 is 24.2 Å². The van der Waals surface area contributed by atoms with Crippen LogP contribution in [0.3, 0.4) is 0 Å². The highest BCUT2D eigenvalue weighted by molar-refractivity contribution is 7.99. The normalized spacial score (nSPS) is 11.6. The number of para-hydroxylation sites is 1. The highest BCUT2D eigenvalue weighted by Gasteiger charge is 2.14. The fourth-order valence-electron chi connectivity index (χ4n) is 2.27. The Bertz CT molecular complexity index is 550. The third kappa shape index (κ3) is 6.46. The minimum absolute atomic E-state index is 0. The SMILES string of the molecule is CCCSc1ccccc1O[C@H](CCNC)c1ccccc1.Cl. The van der Waals surface area contributed by atoms with E-state index in [1.165, 1.54) is 16.9 Å². The first kappa shape index (κ1) is 19.9. The summed E-state index contributed by atoms with van der Waals surface area (Å²) in [5.74, 6) is 2.11. The molecule has 23 heavy (non-hydrogen) atoms. The van der Waals surface area contributed by atoms with Gasteiger partial charge in [0.2, 0.25) is 0 Å². The first-order chi connectivity index (χ1) is 10.8. The van der Waals surface area contributed by atoms with Crippen molar-refractivity contribution in [2.24, 2.45) is 0 Å². The molecule has 0 heterocycles. The zero-order valence-electron chi connectivity index (χ0n) is 13.8. The quantitative estimate of drug-likeness (QED) is 0.616. The molecule has 0 fully saturated rings. The molecular weight excluding hydrogens is 326 g/mol. The van der Waals surface area contributed by atoms with Gasteiger partial charge in [0.05, 0.1) is 0 Å². The average Bonchev–Trinajstić information content (AvgIpc) is 2.58. The van der Waals surface area contributed by atoms with Crippen molar-refractivity contribution < 1.29 is 4.74 Å². The van der Waals surface area contributed by atoms with Crippen LogP contribution in [0.1, 0.15) is 31.4 Å². The standard InChI is InChI=1S/C19H25NOS.ClH/c1-3-15-22-19-12-8-7-11-18(19)21-17(13-14-20-2)16-9-5-4-6-10-16;/h4-12,17,20H,3,13-15H2,1-2H3;1H/t17-;/m1./s1. The Morgan fingerprint density at radius 1 is 1.04 bits per heavy atom. The number of nitrogens with one attached hydrogen (secondary N) is 1. The highest BCUT2D eigenvalue weighted by Crippen LogP contribution is 2.33. The van der Waals surface area contributed by atoms with Crippen LogP contribution >= 0.6 is 24.2 Å². The van der Waals surface area contributed by atoms with E-state index in [9.17, 15) is 0 Å². The molecule has 2 rings (SSSR count). The average molecular weight is 352 g/mol. The fraction of sp³-hybridized carbons (Fsp3) is 0.368. The van der Waals surface area contributed by atoms with Gasteiger partial charge in [-0.1, -0.05) is 49.4 Å². The van der Waals surface area contributed by atoms with Gasteiger partial charge in [0.15, 0.2) is 0 Å². The van der Waals surface area contributed by atoms with E-state index in [4.69, 9.17) is 4.74 Å². The van der Waals surface area contributed by atoms with Crippen molar-refractivity contribution in [3.63, 3.8) is 0 Å². The lowest BCUT2D eigenvalue weighted by atomic mass is 10.1. The molecule has 0 unspecified atom stereocenters. The van der Waals surface area contributed by atoms with Crippen LogP contribution in [-0.2, 0) is 0 Å². The number of rotatable bonds is 9. The van der Waals surface area contributed by atoms with E-state index in [-0.39, 0.29) is 18.5 Å². The van der Waals surface area contributed by atoms with Crippen LogP contribution < -0.4 is 10.1 Å². The van der Waals surface area contributed by atoms with Crippen molar-refractivity contribution in [1.29, 1.82) is 0 Å². The second-order valence-corrected chi connectivity index (χ2v) is 6.34. The molecule has 0 saturated heterocycles. The highest BCUT2D eigenvalue weighted by atomic mass is 35.5. The predicted molar refractivity (Wildman–Crippen MR) is 103 cm³/mol. The van der Waals surface area contributed by atoms with Crippen LogP contribution in [0.4, 0.5) is 0 Å². The topological polar surface area (TPSA) is 21.3 Å². The van der Waals surface area contributed by atoms with Gasteiger partial charge >= 0.3 is 0 Å². The number of hydrogen-bond donors (Lipinski definition) is 1. The number of thioether (sulfide) groups is 1. The van der Waals surface area contributed by atoms with Gasteiger partial charge in [-0.05, 0) is 43.5 Å². The van der Waals surface area contributed by atoms with Crippen molar-refractivity contribution in [2.45, 2.75) is 30.8 Å². The van der Waals surface area contributed by atoms with Crippen LogP contribution in [0.5, 0.6) is 5.75 Å². The smallest absolute Gasteiger partial charge is 0.133 e. The molecule has 0 aliphatic heterocycles. The molecule has 0 spiro atoms. The Balaban J connectivity index is 0.00000264. The molecule has 0 bridgehead atoms. The lowest BCUT2D eigenvalue weighted by molar-refractivity contribution is 0.190. The molecule has 0 amide bonds. The van der Waals surface area contributed by atoms with Crippen LogP contribution in [0.15, 0.2) is 59.5 Å². The van der Waals surface area contributed by atoms with Crippen LogP contribution in [-0.4, -0.2) is 19.3 Å². The molecule has 0 aromatic heterocycles. The molecule has 2 aromatic rings. The zero-order chi connectivity index (χ0) is 15.6. The van der Waals surface area contributed by atoms with E-state index in [0.29, 0.717) is 0 Å². The van der Waals surface area contributed by atoms with Gasteiger partial charge in [-0.3, -0.25) is 0 Å². The summed E-state index contributed by atoms with van der Waals surface area (Å²) >= 11 is 1.87. The molecule has 0 aliphatic carbocycles. The van der Waals surface area contributed by atoms with Crippen LogP contribution in [0.25, 0.3) is 0 Å². The molecule has 2 nitrogen and oxygen atoms in total. The Labute approximate surface area is 150 Å². The molecule has 126 valence electrons. The van der Waals surface area contributed by atoms with Crippen molar-refractivity contribution in [3.8, 4) is 5.75 Å². The second kappa shape index (κ2) is 11.4. The Kier molecular flexibility index (Phi) is 9.85. The summed E-state index contributed by atoms with van der Waals surface area (Å²) in [6, 6.07) is 18.8. The zero-order valence-corrected chi connectivity index (χ0v) is 15.5. The molecule has 2 aromatic carbocycles. The number of hydrogen-bond acceptors (Lipinski definition) is 3. The lowest BCUT2D eigenvalue weighted by Gasteiger charge is -2.21. The first-order valence-corrected chi connectivity index (χ1v) is 8.91. The summed E-state index contributed by atoms with van der Waals surface area (Å²) in [6.45, 7) is 3.14. The van der Waals surface area contributed by atoms with Crippen molar-refractivity contribution in [3.05, 3.63) is 60.2 Å². The molecule has 4 heteroatoms. The monoisotopic (exact) mass is 351 g/mol. The molecule has 0 radical (unpaired) electrons. The third-order valence-corrected chi connectivity index (χ3v) is 4.67. The summed E-state index contributed by atoms with van der Waals surface area (Å²) in [6.07, 6.45) is 2.20. The van der Waals surface area contributed by atoms with E-state index < -0.39 is 0 Å². The predicted octanol–water partition coefficient (Wildman–Crippen LogP) is 5.34. The third-order valence-electron chi connectivity index (χ3n) is 3.41. The lowest BCUT2D eigenvalue weighted by Crippen LogP contribution is -2.16. The number of halogens is 1. The maximum absolute atomic E-state index is 6.37. The fourth-order valence-corrected chi connectivity index (χ4v) is 3.13. The van der Waals surface area contributed by atoms with Gasteiger partial charge in [0.1, 0.15) is 11.9 Å². The minimum atomic E-state index is 0. The maximum atomic E-state index is 6.37. The van der Waals surface area contributed by atoms with Gasteiger partial charge in [0, 0.05) is 11.3 Å². The number of benzene rings is 2. The van der Waals surface area contributed by atoms with Gasteiger partial charge in [-0.2, -0.15) is 0 Å². The van der Waals surface area contributed by atoms with E-state index in [1.807, 2.05) is 30.9 Å². The summed E-state index contributed by atoms with van der Waals surface area (Å²) in [7, 11) is 1.98. The van der Waals surface area contributed by atoms with Crippen LogP contribution in [0, 0.1) is 0 Å². The van der Waals surface area contributed by atoms with E-state index in [0.717, 1.165) is 24.5 Å². The number of ether oxygens (including phenoxy) is 1. The van der Waals surface area contributed by atoms with Crippen molar-refractivity contribution in [1.82, 2.24) is 5.32 Å². The van der Waals surface area contributed by atoms with Gasteiger partial charge < -0.3 is 10.1 Å². The van der Waals surface area contributed by atoms with E-state index >= 15 is 0 Å². The van der Waals surface area contributed by atoms with Crippen molar-refractivity contribution in [2.75, 3.05) is 19.3 Å². The minimum Gasteiger partial charge on any atom is -0.485 e. The Hall–Kier alpha value is -1.16. The second-order valence-electron chi connectivity index (χ2n) is 5.20. The largest absolute Gasteiger partial charge is 0.485 e. The molecule has 0 saturated carbocycles. The van der Waals surface area contributed by atoms with E-state index in [1.54, 1.807) is 0 Å². The molecule has 1 atom stereocenters. The summed E-state index contributed by atoms with van der Waals surface area (Å²) in [4.78, 5) is 1.23. The van der Waals surface area contributed by atoms with Gasteiger partial charge in [0.25, 0.3) is 0 Å². The Morgan fingerprint density at radius 2 is 1.74 bits per heavy atom.